The van der Waals surface area contributed by atoms with Gasteiger partial charge in [-0.2, -0.15) is 0 Å². The Bertz CT molecular complexity index is 394. The quantitative estimate of drug-likeness (QED) is 0.812. The zero-order valence-corrected chi connectivity index (χ0v) is 10.00. The normalized spacial score (nSPS) is 10.4. The number of hydrogen-bond acceptors (Lipinski definition) is 3. The highest BCUT2D eigenvalue weighted by atomic mass is 19.1. The van der Waals surface area contributed by atoms with Gasteiger partial charge >= 0.3 is 0 Å². The molecule has 0 aliphatic rings. The summed E-state index contributed by atoms with van der Waals surface area (Å²) in [6.07, 6.45) is 0. The van der Waals surface area contributed by atoms with E-state index in [1.165, 1.54) is 12.1 Å². The Hall–Kier alpha value is -1.62. The summed E-state index contributed by atoms with van der Waals surface area (Å²) in [5.41, 5.74) is 6.04. The third kappa shape index (κ3) is 4.82. The van der Waals surface area contributed by atoms with Crippen LogP contribution in [0.15, 0.2) is 18.2 Å². The predicted molar refractivity (Wildman–Crippen MR) is 63.1 cm³/mol. The fraction of sp³-hybridized carbons (Fsp3) is 0.417. The molecule has 94 valence electrons. The number of carbonyl (C=O) groups excluding carboxylic acids is 1. The van der Waals surface area contributed by atoms with Gasteiger partial charge in [0, 0.05) is 18.7 Å². The standard InChI is InChI=1S/C12H17FN2O2/c1-8(2)15-12(16)7-17-11-4-9(6-14)3-10(13)5-11/h3-5,8H,6-7,14H2,1-2H3,(H,15,16). The molecule has 1 aromatic carbocycles. The molecule has 3 N–H and O–H groups in total. The van der Waals surface area contributed by atoms with Gasteiger partial charge in [0.25, 0.3) is 5.91 Å². The molecule has 4 nitrogen and oxygen atoms in total. The lowest BCUT2D eigenvalue weighted by Crippen LogP contribution is -2.34. The first-order chi connectivity index (χ1) is 8.01. The van der Waals surface area contributed by atoms with Crippen LogP contribution >= 0.6 is 0 Å². The Morgan fingerprint density at radius 1 is 1.47 bits per heavy atom. The van der Waals surface area contributed by atoms with Crippen LogP contribution in [0.5, 0.6) is 5.75 Å². The maximum Gasteiger partial charge on any atom is 0.258 e. The van der Waals surface area contributed by atoms with Crippen molar-refractivity contribution >= 4 is 5.91 Å². The van der Waals surface area contributed by atoms with Crippen molar-refractivity contribution in [3.05, 3.63) is 29.6 Å². The first-order valence-corrected chi connectivity index (χ1v) is 5.43. The highest BCUT2D eigenvalue weighted by Crippen LogP contribution is 2.15. The monoisotopic (exact) mass is 240 g/mol. The van der Waals surface area contributed by atoms with E-state index in [1.807, 2.05) is 13.8 Å². The van der Waals surface area contributed by atoms with E-state index >= 15 is 0 Å². The van der Waals surface area contributed by atoms with E-state index in [9.17, 15) is 9.18 Å². The van der Waals surface area contributed by atoms with Gasteiger partial charge in [0.05, 0.1) is 0 Å². The van der Waals surface area contributed by atoms with Crippen molar-refractivity contribution in [3.8, 4) is 5.75 Å². The number of ether oxygens (including phenoxy) is 1. The minimum absolute atomic E-state index is 0.0539. The van der Waals surface area contributed by atoms with E-state index in [0.717, 1.165) is 0 Å². The van der Waals surface area contributed by atoms with Crippen LogP contribution in [-0.4, -0.2) is 18.6 Å². The lowest BCUT2D eigenvalue weighted by molar-refractivity contribution is -0.123. The van der Waals surface area contributed by atoms with Crippen LogP contribution in [0.2, 0.25) is 0 Å². The van der Waals surface area contributed by atoms with Crippen LogP contribution in [-0.2, 0) is 11.3 Å². The molecule has 0 radical (unpaired) electrons. The minimum Gasteiger partial charge on any atom is -0.484 e. The van der Waals surface area contributed by atoms with Crippen molar-refractivity contribution in [3.63, 3.8) is 0 Å². The second-order valence-electron chi connectivity index (χ2n) is 4.01. The number of rotatable bonds is 5. The van der Waals surface area contributed by atoms with E-state index in [-0.39, 0.29) is 25.1 Å². The van der Waals surface area contributed by atoms with Crippen LogP contribution in [0.3, 0.4) is 0 Å². The van der Waals surface area contributed by atoms with Gasteiger partial charge < -0.3 is 15.8 Å². The van der Waals surface area contributed by atoms with Gasteiger partial charge in [-0.25, -0.2) is 4.39 Å². The number of nitrogens with two attached hydrogens (primary N) is 1. The molecule has 0 heterocycles. The molecular formula is C12H17FN2O2. The summed E-state index contributed by atoms with van der Waals surface area (Å²) in [6.45, 7) is 3.80. The van der Waals surface area contributed by atoms with E-state index in [4.69, 9.17) is 10.5 Å². The highest BCUT2D eigenvalue weighted by molar-refractivity contribution is 5.77. The van der Waals surface area contributed by atoms with Gasteiger partial charge in [0.1, 0.15) is 11.6 Å². The number of hydrogen-bond donors (Lipinski definition) is 2. The number of carbonyl (C=O) groups is 1. The Morgan fingerprint density at radius 3 is 2.76 bits per heavy atom. The van der Waals surface area contributed by atoms with Gasteiger partial charge in [-0.05, 0) is 31.5 Å². The first kappa shape index (κ1) is 13.4. The van der Waals surface area contributed by atoms with E-state index in [1.54, 1.807) is 6.07 Å². The third-order valence-electron chi connectivity index (χ3n) is 1.99. The zero-order chi connectivity index (χ0) is 12.8. The predicted octanol–water partition coefficient (Wildman–Crippen LogP) is 1.19. The summed E-state index contributed by atoms with van der Waals surface area (Å²) < 4.78 is 18.3. The molecule has 0 aliphatic heterocycles. The van der Waals surface area contributed by atoms with E-state index in [2.05, 4.69) is 5.32 Å². The van der Waals surface area contributed by atoms with Gasteiger partial charge in [-0.1, -0.05) is 0 Å². The highest BCUT2D eigenvalue weighted by Gasteiger charge is 2.06. The summed E-state index contributed by atoms with van der Waals surface area (Å²) in [4.78, 5) is 11.3. The van der Waals surface area contributed by atoms with Gasteiger partial charge in [0.2, 0.25) is 0 Å². The summed E-state index contributed by atoms with van der Waals surface area (Å²) in [6, 6.07) is 4.23. The molecule has 0 bridgehead atoms. The molecular weight excluding hydrogens is 223 g/mol. The summed E-state index contributed by atoms with van der Waals surface area (Å²) in [5.74, 6) is -0.352. The number of amides is 1. The summed E-state index contributed by atoms with van der Waals surface area (Å²) >= 11 is 0. The van der Waals surface area contributed by atoms with Crippen molar-refractivity contribution in [2.75, 3.05) is 6.61 Å². The van der Waals surface area contributed by atoms with Crippen molar-refractivity contribution in [1.82, 2.24) is 5.32 Å². The molecule has 0 saturated heterocycles. The fourth-order valence-electron chi connectivity index (χ4n) is 1.33. The van der Waals surface area contributed by atoms with Gasteiger partial charge in [-0.15, -0.1) is 0 Å². The average Bonchev–Trinajstić information content (AvgIpc) is 2.24. The van der Waals surface area contributed by atoms with E-state index in [0.29, 0.717) is 11.3 Å². The Kier molecular flexibility index (Phi) is 4.90. The molecule has 1 aromatic rings. The lowest BCUT2D eigenvalue weighted by Gasteiger charge is -2.10. The fourth-order valence-corrected chi connectivity index (χ4v) is 1.33. The average molecular weight is 240 g/mol. The number of benzene rings is 1. The van der Waals surface area contributed by atoms with Crippen LogP contribution in [0.25, 0.3) is 0 Å². The second kappa shape index (κ2) is 6.20. The molecule has 0 fully saturated rings. The first-order valence-electron chi connectivity index (χ1n) is 5.43. The molecule has 1 rings (SSSR count). The van der Waals surface area contributed by atoms with Crippen LogP contribution in [0.1, 0.15) is 19.4 Å². The molecule has 0 atom stereocenters. The van der Waals surface area contributed by atoms with Crippen molar-refractivity contribution in [1.29, 1.82) is 0 Å². The molecule has 17 heavy (non-hydrogen) atoms. The van der Waals surface area contributed by atoms with Crippen LogP contribution in [0.4, 0.5) is 4.39 Å². The summed E-state index contributed by atoms with van der Waals surface area (Å²) in [5, 5.41) is 2.67. The maximum atomic E-state index is 13.1. The van der Waals surface area contributed by atoms with Crippen molar-refractivity contribution in [2.45, 2.75) is 26.4 Å². The lowest BCUT2D eigenvalue weighted by atomic mass is 10.2. The molecule has 0 saturated carbocycles. The molecule has 5 heteroatoms. The largest absolute Gasteiger partial charge is 0.484 e. The Balaban J connectivity index is 2.57. The van der Waals surface area contributed by atoms with Gasteiger partial charge in [0.15, 0.2) is 6.61 Å². The van der Waals surface area contributed by atoms with Gasteiger partial charge in [-0.3, -0.25) is 4.79 Å². The Labute approximate surface area is 100.0 Å². The van der Waals surface area contributed by atoms with E-state index < -0.39 is 5.82 Å². The van der Waals surface area contributed by atoms with Crippen LogP contribution < -0.4 is 15.8 Å². The number of nitrogens with one attached hydrogen (secondary N) is 1. The molecule has 0 unspecified atom stereocenters. The molecule has 0 aromatic heterocycles. The minimum atomic E-state index is -0.424. The smallest absolute Gasteiger partial charge is 0.258 e. The molecule has 0 spiro atoms. The second-order valence-corrected chi connectivity index (χ2v) is 4.01. The third-order valence-corrected chi connectivity index (χ3v) is 1.99. The molecule has 0 aliphatic carbocycles. The zero-order valence-electron chi connectivity index (χ0n) is 10.00. The summed E-state index contributed by atoms with van der Waals surface area (Å²) in [7, 11) is 0. The maximum absolute atomic E-state index is 13.1. The Morgan fingerprint density at radius 2 is 2.18 bits per heavy atom. The topological polar surface area (TPSA) is 64.3 Å². The van der Waals surface area contributed by atoms with Crippen molar-refractivity contribution in [2.24, 2.45) is 5.73 Å². The SMILES string of the molecule is CC(C)NC(=O)COc1cc(F)cc(CN)c1. The number of halogens is 1. The van der Waals surface area contributed by atoms with Crippen LogP contribution in [0, 0.1) is 5.82 Å². The van der Waals surface area contributed by atoms with Crippen molar-refractivity contribution < 1.29 is 13.9 Å². The molecule has 1 amide bonds.